The van der Waals surface area contributed by atoms with E-state index in [0.717, 1.165) is 44.9 Å². The SMILES string of the molecule is C=CCN1C(=O)C2(CCCCC2)NC(=O)C1CCC. The summed E-state index contributed by atoms with van der Waals surface area (Å²) in [7, 11) is 0. The summed E-state index contributed by atoms with van der Waals surface area (Å²) >= 11 is 0. The molecule has 0 aromatic carbocycles. The molecular formula is C15H24N2O2. The molecule has 2 aliphatic rings. The minimum Gasteiger partial charge on any atom is -0.340 e. The van der Waals surface area contributed by atoms with Gasteiger partial charge in [0.25, 0.3) is 0 Å². The van der Waals surface area contributed by atoms with Gasteiger partial charge in [-0.2, -0.15) is 0 Å². The number of carbonyl (C=O) groups is 2. The van der Waals surface area contributed by atoms with Crippen molar-refractivity contribution >= 4 is 11.8 Å². The number of nitrogens with one attached hydrogen (secondary N) is 1. The van der Waals surface area contributed by atoms with Gasteiger partial charge in [-0.15, -0.1) is 6.58 Å². The van der Waals surface area contributed by atoms with Crippen LogP contribution in [0.2, 0.25) is 0 Å². The molecule has 0 aromatic heterocycles. The van der Waals surface area contributed by atoms with E-state index in [2.05, 4.69) is 11.9 Å². The monoisotopic (exact) mass is 264 g/mol. The molecule has 4 heteroatoms. The molecule has 1 heterocycles. The first-order chi connectivity index (χ1) is 9.14. The Hall–Kier alpha value is -1.32. The van der Waals surface area contributed by atoms with Crippen molar-refractivity contribution in [1.29, 1.82) is 0 Å². The van der Waals surface area contributed by atoms with Crippen LogP contribution in [0.3, 0.4) is 0 Å². The van der Waals surface area contributed by atoms with Gasteiger partial charge in [0.15, 0.2) is 0 Å². The molecule has 4 nitrogen and oxygen atoms in total. The third kappa shape index (κ3) is 2.53. The van der Waals surface area contributed by atoms with Gasteiger partial charge in [0.2, 0.25) is 11.8 Å². The van der Waals surface area contributed by atoms with Crippen LogP contribution in [0.5, 0.6) is 0 Å². The first kappa shape index (κ1) is 14.1. The van der Waals surface area contributed by atoms with E-state index in [9.17, 15) is 9.59 Å². The summed E-state index contributed by atoms with van der Waals surface area (Å²) in [6.07, 6.45) is 8.10. The number of rotatable bonds is 4. The van der Waals surface area contributed by atoms with Crippen LogP contribution in [-0.2, 0) is 9.59 Å². The molecule has 2 rings (SSSR count). The summed E-state index contributed by atoms with van der Waals surface area (Å²) in [4.78, 5) is 26.9. The van der Waals surface area contributed by atoms with Gasteiger partial charge in [-0.3, -0.25) is 9.59 Å². The summed E-state index contributed by atoms with van der Waals surface area (Å²) in [5.74, 6) is 0.121. The third-order valence-corrected chi connectivity index (χ3v) is 4.31. The molecule has 1 saturated carbocycles. The molecule has 19 heavy (non-hydrogen) atoms. The second-order valence-electron chi connectivity index (χ2n) is 5.68. The van der Waals surface area contributed by atoms with E-state index >= 15 is 0 Å². The smallest absolute Gasteiger partial charge is 0.249 e. The van der Waals surface area contributed by atoms with Crippen molar-refractivity contribution in [3.63, 3.8) is 0 Å². The van der Waals surface area contributed by atoms with Gasteiger partial charge in [-0.25, -0.2) is 0 Å². The Morgan fingerprint density at radius 2 is 2.05 bits per heavy atom. The van der Waals surface area contributed by atoms with Crippen LogP contribution in [-0.4, -0.2) is 34.8 Å². The Kier molecular flexibility index (Phi) is 4.27. The van der Waals surface area contributed by atoms with E-state index in [1.807, 2.05) is 6.92 Å². The number of carbonyl (C=O) groups excluding carboxylic acids is 2. The van der Waals surface area contributed by atoms with Gasteiger partial charge in [0, 0.05) is 6.54 Å². The van der Waals surface area contributed by atoms with E-state index in [1.54, 1.807) is 11.0 Å². The van der Waals surface area contributed by atoms with Crippen molar-refractivity contribution < 1.29 is 9.59 Å². The van der Waals surface area contributed by atoms with Crippen LogP contribution in [0.25, 0.3) is 0 Å². The van der Waals surface area contributed by atoms with Gasteiger partial charge in [-0.05, 0) is 19.3 Å². The Balaban J connectivity index is 2.25. The van der Waals surface area contributed by atoms with Crippen LogP contribution in [0, 0.1) is 0 Å². The third-order valence-electron chi connectivity index (χ3n) is 4.31. The predicted octanol–water partition coefficient (Wildman–Crippen LogP) is 2.00. The maximum Gasteiger partial charge on any atom is 0.249 e. The normalized spacial score (nSPS) is 26.4. The maximum absolute atomic E-state index is 12.8. The molecule has 0 radical (unpaired) electrons. The molecular weight excluding hydrogens is 240 g/mol. The zero-order valence-corrected chi connectivity index (χ0v) is 11.8. The molecule has 1 atom stereocenters. The average Bonchev–Trinajstić information content (AvgIpc) is 2.41. The van der Waals surface area contributed by atoms with Crippen molar-refractivity contribution in [2.45, 2.75) is 63.5 Å². The maximum atomic E-state index is 12.8. The topological polar surface area (TPSA) is 49.4 Å². The van der Waals surface area contributed by atoms with Crippen molar-refractivity contribution in [2.75, 3.05) is 6.54 Å². The molecule has 1 saturated heterocycles. The highest BCUT2D eigenvalue weighted by Crippen LogP contribution is 2.33. The zero-order chi connectivity index (χ0) is 13.9. The highest BCUT2D eigenvalue weighted by molar-refractivity contribution is 6.00. The lowest BCUT2D eigenvalue weighted by molar-refractivity contribution is -0.156. The van der Waals surface area contributed by atoms with Crippen molar-refractivity contribution in [3.8, 4) is 0 Å². The predicted molar refractivity (Wildman–Crippen MR) is 74.6 cm³/mol. The van der Waals surface area contributed by atoms with Crippen LogP contribution in [0.1, 0.15) is 51.9 Å². The number of hydrogen-bond acceptors (Lipinski definition) is 2. The standard InChI is InChI=1S/C15H24N2O2/c1-3-8-12-13(18)16-15(9-6-5-7-10-15)14(19)17(12)11-4-2/h4,12H,2-3,5-11H2,1H3,(H,16,18). The fourth-order valence-electron chi connectivity index (χ4n) is 3.33. The lowest BCUT2D eigenvalue weighted by Gasteiger charge is -2.47. The summed E-state index contributed by atoms with van der Waals surface area (Å²) in [6, 6.07) is -0.317. The summed E-state index contributed by atoms with van der Waals surface area (Å²) in [5, 5.41) is 3.04. The molecule has 2 fully saturated rings. The van der Waals surface area contributed by atoms with Crippen molar-refractivity contribution in [1.82, 2.24) is 10.2 Å². The van der Waals surface area contributed by atoms with E-state index in [0.29, 0.717) is 6.54 Å². The van der Waals surface area contributed by atoms with Gasteiger partial charge >= 0.3 is 0 Å². The molecule has 1 unspecified atom stereocenters. The number of hydrogen-bond donors (Lipinski definition) is 1. The lowest BCUT2D eigenvalue weighted by Crippen LogP contribution is -2.70. The Labute approximate surface area is 115 Å². The molecule has 1 spiro atoms. The Bertz CT molecular complexity index is 372. The van der Waals surface area contributed by atoms with Crippen LogP contribution >= 0.6 is 0 Å². The average molecular weight is 264 g/mol. The largest absolute Gasteiger partial charge is 0.340 e. The highest BCUT2D eigenvalue weighted by Gasteiger charge is 2.50. The van der Waals surface area contributed by atoms with E-state index < -0.39 is 5.54 Å². The van der Waals surface area contributed by atoms with E-state index in [1.165, 1.54) is 0 Å². The van der Waals surface area contributed by atoms with Crippen LogP contribution in [0.15, 0.2) is 12.7 Å². The second kappa shape index (κ2) is 5.76. The fourth-order valence-corrected chi connectivity index (χ4v) is 3.33. The Morgan fingerprint density at radius 3 is 2.63 bits per heavy atom. The van der Waals surface area contributed by atoms with Gasteiger partial charge < -0.3 is 10.2 Å². The van der Waals surface area contributed by atoms with Crippen LogP contribution in [0.4, 0.5) is 0 Å². The summed E-state index contributed by atoms with van der Waals surface area (Å²) in [6.45, 7) is 6.22. The molecule has 1 aliphatic heterocycles. The first-order valence-electron chi connectivity index (χ1n) is 7.38. The summed E-state index contributed by atoms with van der Waals surface area (Å²) in [5.41, 5.74) is -0.622. The first-order valence-corrected chi connectivity index (χ1v) is 7.38. The Morgan fingerprint density at radius 1 is 1.37 bits per heavy atom. The fraction of sp³-hybridized carbons (Fsp3) is 0.733. The zero-order valence-electron chi connectivity index (χ0n) is 11.8. The highest BCUT2D eigenvalue weighted by atomic mass is 16.2. The van der Waals surface area contributed by atoms with Gasteiger partial charge in [0.1, 0.15) is 11.6 Å². The van der Waals surface area contributed by atoms with Crippen LogP contribution < -0.4 is 5.32 Å². The number of piperazine rings is 1. The molecule has 2 amide bonds. The molecule has 106 valence electrons. The molecule has 0 bridgehead atoms. The van der Waals surface area contributed by atoms with Crippen molar-refractivity contribution in [2.24, 2.45) is 0 Å². The molecule has 1 aliphatic carbocycles. The van der Waals surface area contributed by atoms with E-state index in [4.69, 9.17) is 0 Å². The summed E-state index contributed by atoms with van der Waals surface area (Å²) < 4.78 is 0. The number of nitrogens with zero attached hydrogens (tertiary/aromatic N) is 1. The second-order valence-corrected chi connectivity index (χ2v) is 5.68. The number of amides is 2. The minimum absolute atomic E-state index is 0.0187. The van der Waals surface area contributed by atoms with Gasteiger partial charge in [0.05, 0.1) is 0 Å². The lowest BCUT2D eigenvalue weighted by atomic mass is 9.78. The van der Waals surface area contributed by atoms with E-state index in [-0.39, 0.29) is 17.9 Å². The quantitative estimate of drug-likeness (QED) is 0.790. The minimum atomic E-state index is -0.622. The van der Waals surface area contributed by atoms with Gasteiger partial charge in [-0.1, -0.05) is 38.7 Å². The molecule has 0 aromatic rings. The molecule has 1 N–H and O–H groups in total. The van der Waals surface area contributed by atoms with Crippen molar-refractivity contribution in [3.05, 3.63) is 12.7 Å².